The first-order valence-corrected chi connectivity index (χ1v) is 14.5. The zero-order valence-corrected chi connectivity index (χ0v) is 23.1. The zero-order chi connectivity index (χ0) is 27.2. The third kappa shape index (κ3) is 5.31. The van der Waals surface area contributed by atoms with Crippen molar-refractivity contribution >= 4 is 27.8 Å². The van der Waals surface area contributed by atoms with Gasteiger partial charge in [-0.25, -0.2) is 27.4 Å². The van der Waals surface area contributed by atoms with Crippen LogP contribution in [0.15, 0.2) is 17.2 Å². The number of anilines is 1. The predicted octanol–water partition coefficient (Wildman–Crippen LogP) is 3.25. The summed E-state index contributed by atoms with van der Waals surface area (Å²) in [6.07, 6.45) is 6.50. The number of fused-ring (bicyclic) bond motifs is 3. The Kier molecular flexibility index (Phi) is 6.79. The highest BCUT2D eigenvalue weighted by atomic mass is 32.2. The second kappa shape index (κ2) is 9.79. The molecule has 11 nitrogen and oxygen atoms in total. The van der Waals surface area contributed by atoms with Crippen molar-refractivity contribution in [1.82, 2.24) is 19.4 Å². The first kappa shape index (κ1) is 26.3. The number of urea groups is 1. The molecule has 1 atom stereocenters. The first-order valence-electron chi connectivity index (χ1n) is 13.0. The van der Waals surface area contributed by atoms with Crippen LogP contribution >= 0.6 is 0 Å². The summed E-state index contributed by atoms with van der Waals surface area (Å²) >= 11 is 0. The van der Waals surface area contributed by atoms with Gasteiger partial charge in [0.15, 0.2) is 4.90 Å². The Labute approximate surface area is 222 Å². The summed E-state index contributed by atoms with van der Waals surface area (Å²) in [5.74, 6) is -0.0445. The molecule has 1 aromatic carbocycles. The Morgan fingerprint density at radius 2 is 1.82 bits per heavy atom. The van der Waals surface area contributed by atoms with Gasteiger partial charge in [0.05, 0.1) is 19.3 Å². The lowest BCUT2D eigenvalue weighted by atomic mass is 9.99. The summed E-state index contributed by atoms with van der Waals surface area (Å²) < 4.78 is 41.0. The van der Waals surface area contributed by atoms with Gasteiger partial charge in [-0.05, 0) is 81.5 Å². The van der Waals surface area contributed by atoms with Crippen LogP contribution in [0.3, 0.4) is 0 Å². The first-order chi connectivity index (χ1) is 17.9. The van der Waals surface area contributed by atoms with Gasteiger partial charge in [0.25, 0.3) is 10.0 Å². The molecular weight excluding hydrogens is 510 g/mol. The van der Waals surface area contributed by atoms with E-state index in [-0.39, 0.29) is 23.3 Å². The molecule has 2 N–H and O–H groups in total. The second-order valence-electron chi connectivity index (χ2n) is 11.3. The SMILES string of the molecule is CN(C[C@H]1COc2c(S(=O)(=O)NC(=O)Nc3c4c(cc5c3CCC5)CCC4)cnn2C1)C(=O)OC(C)(C)C. The minimum absolute atomic E-state index is 0.0722. The van der Waals surface area contributed by atoms with Crippen molar-refractivity contribution in [2.75, 3.05) is 25.5 Å². The van der Waals surface area contributed by atoms with Crippen LogP contribution in [0.5, 0.6) is 5.88 Å². The Bertz CT molecular complexity index is 1350. The molecule has 5 rings (SSSR count). The van der Waals surface area contributed by atoms with Crippen LogP contribution in [0.1, 0.15) is 55.9 Å². The number of ether oxygens (including phenoxy) is 2. The number of aryl methyl sites for hydroxylation is 2. The summed E-state index contributed by atoms with van der Waals surface area (Å²) in [4.78, 5) is 26.5. The summed E-state index contributed by atoms with van der Waals surface area (Å²) in [6, 6.07) is 1.45. The van der Waals surface area contributed by atoms with E-state index in [9.17, 15) is 18.0 Å². The number of amides is 3. The number of hydrogen-bond donors (Lipinski definition) is 2. The van der Waals surface area contributed by atoms with Crippen LogP contribution in [0, 0.1) is 5.92 Å². The fourth-order valence-corrected chi connectivity index (χ4v) is 6.49. The van der Waals surface area contributed by atoms with Gasteiger partial charge in [-0.15, -0.1) is 0 Å². The molecule has 206 valence electrons. The van der Waals surface area contributed by atoms with Crippen LogP contribution in [-0.4, -0.2) is 61.0 Å². The minimum Gasteiger partial charge on any atom is -0.476 e. The van der Waals surface area contributed by atoms with Crippen LogP contribution < -0.4 is 14.8 Å². The number of sulfonamides is 1. The van der Waals surface area contributed by atoms with Gasteiger partial charge in [0.1, 0.15) is 5.60 Å². The lowest BCUT2D eigenvalue weighted by Crippen LogP contribution is -2.41. The second-order valence-corrected chi connectivity index (χ2v) is 13.0. The molecule has 0 radical (unpaired) electrons. The highest BCUT2D eigenvalue weighted by Crippen LogP contribution is 2.38. The number of nitrogens with zero attached hydrogens (tertiary/aromatic N) is 3. The Morgan fingerprint density at radius 1 is 1.16 bits per heavy atom. The van der Waals surface area contributed by atoms with E-state index in [1.165, 1.54) is 26.9 Å². The Hall–Kier alpha value is -3.28. The molecule has 38 heavy (non-hydrogen) atoms. The van der Waals surface area contributed by atoms with E-state index in [2.05, 4.69) is 21.2 Å². The van der Waals surface area contributed by atoms with Gasteiger partial charge in [-0.2, -0.15) is 5.10 Å². The topological polar surface area (TPSA) is 132 Å². The van der Waals surface area contributed by atoms with Crippen molar-refractivity contribution in [3.05, 3.63) is 34.5 Å². The summed E-state index contributed by atoms with van der Waals surface area (Å²) in [7, 11) is -2.59. The average molecular weight is 546 g/mol. The van der Waals surface area contributed by atoms with Crippen molar-refractivity contribution < 1.29 is 27.5 Å². The van der Waals surface area contributed by atoms with Crippen molar-refractivity contribution in [3.63, 3.8) is 0 Å². The molecule has 0 fully saturated rings. The predicted molar refractivity (Wildman–Crippen MR) is 140 cm³/mol. The third-order valence-corrected chi connectivity index (χ3v) is 8.43. The van der Waals surface area contributed by atoms with Gasteiger partial charge in [-0.3, -0.25) is 0 Å². The van der Waals surface area contributed by atoms with E-state index in [1.807, 2.05) is 0 Å². The Balaban J connectivity index is 1.25. The smallest absolute Gasteiger partial charge is 0.410 e. The quantitative estimate of drug-likeness (QED) is 0.590. The van der Waals surface area contributed by atoms with Gasteiger partial charge < -0.3 is 19.7 Å². The monoisotopic (exact) mass is 545 g/mol. The highest BCUT2D eigenvalue weighted by molar-refractivity contribution is 7.90. The fraction of sp³-hybridized carbons (Fsp3) is 0.577. The van der Waals surface area contributed by atoms with Gasteiger partial charge in [-0.1, -0.05) is 6.07 Å². The summed E-state index contributed by atoms with van der Waals surface area (Å²) in [5.41, 5.74) is 4.89. The average Bonchev–Trinajstić information content (AvgIpc) is 3.56. The van der Waals surface area contributed by atoms with E-state index in [1.54, 1.807) is 27.8 Å². The zero-order valence-electron chi connectivity index (χ0n) is 22.3. The number of aromatic nitrogens is 2. The standard InChI is InChI=1S/C26H35N5O6S/c1-26(2,3)37-25(33)30(4)13-16-14-31-23(36-15-16)21(12-27-31)38(34,35)29-24(32)28-22-19-9-5-7-17(19)11-18-8-6-10-20(18)22/h11-12,16H,5-10,13-15H2,1-4H3,(H2,28,29,32)/t16-/m1/s1. The molecule has 0 bridgehead atoms. The number of hydrogen-bond acceptors (Lipinski definition) is 7. The Morgan fingerprint density at radius 3 is 2.45 bits per heavy atom. The number of rotatable bonds is 5. The third-order valence-electron chi connectivity index (χ3n) is 7.11. The van der Waals surface area contributed by atoms with Gasteiger partial charge >= 0.3 is 12.1 Å². The fourth-order valence-electron chi connectivity index (χ4n) is 5.51. The van der Waals surface area contributed by atoms with Crippen molar-refractivity contribution in [3.8, 4) is 5.88 Å². The molecule has 0 saturated carbocycles. The van der Waals surface area contributed by atoms with E-state index in [4.69, 9.17) is 9.47 Å². The summed E-state index contributed by atoms with van der Waals surface area (Å²) in [5, 5.41) is 7.03. The molecule has 2 aromatic rings. The van der Waals surface area contributed by atoms with Gasteiger partial charge in [0.2, 0.25) is 5.88 Å². The maximum atomic E-state index is 13.1. The lowest BCUT2D eigenvalue weighted by molar-refractivity contribution is 0.0232. The highest BCUT2D eigenvalue weighted by Gasteiger charge is 2.33. The van der Waals surface area contributed by atoms with E-state index in [0.29, 0.717) is 13.1 Å². The minimum atomic E-state index is -4.24. The summed E-state index contributed by atoms with van der Waals surface area (Å²) in [6.45, 7) is 6.29. The van der Waals surface area contributed by atoms with Crippen molar-refractivity contribution in [2.24, 2.45) is 5.92 Å². The number of benzene rings is 1. The molecular formula is C26H35N5O6S. The molecule has 2 heterocycles. The molecule has 1 aliphatic heterocycles. The maximum Gasteiger partial charge on any atom is 0.410 e. The van der Waals surface area contributed by atoms with Crippen molar-refractivity contribution in [2.45, 2.75) is 76.3 Å². The number of nitrogens with one attached hydrogen (secondary N) is 2. The molecule has 0 saturated heterocycles. The number of carbonyl (C=O) groups is 2. The molecule has 1 aromatic heterocycles. The maximum absolute atomic E-state index is 13.1. The normalized spacial score (nSPS) is 18.2. The number of carbonyl (C=O) groups excluding carboxylic acids is 2. The van der Waals surface area contributed by atoms with Crippen LogP contribution in [0.2, 0.25) is 0 Å². The van der Waals surface area contributed by atoms with E-state index < -0.39 is 27.7 Å². The van der Waals surface area contributed by atoms with E-state index >= 15 is 0 Å². The molecule has 3 aliphatic rings. The molecule has 0 spiro atoms. The molecule has 12 heteroatoms. The molecule has 2 aliphatic carbocycles. The van der Waals surface area contributed by atoms with E-state index in [0.717, 1.165) is 55.3 Å². The molecule has 3 amide bonds. The van der Waals surface area contributed by atoms with Crippen LogP contribution in [0.4, 0.5) is 15.3 Å². The van der Waals surface area contributed by atoms with Gasteiger partial charge in [0, 0.05) is 25.2 Å². The van der Waals surface area contributed by atoms with Crippen molar-refractivity contribution in [1.29, 1.82) is 0 Å². The lowest BCUT2D eigenvalue weighted by Gasteiger charge is -2.30. The largest absolute Gasteiger partial charge is 0.476 e. The molecule has 0 unspecified atom stereocenters. The van der Waals surface area contributed by atoms with Crippen LogP contribution in [0.25, 0.3) is 0 Å². The van der Waals surface area contributed by atoms with Crippen LogP contribution in [-0.2, 0) is 47.0 Å².